The van der Waals surface area contributed by atoms with E-state index in [1.54, 1.807) is 13.1 Å². The van der Waals surface area contributed by atoms with Gasteiger partial charge in [0.2, 0.25) is 0 Å². The number of aromatic nitrogens is 1. The highest BCUT2D eigenvalue weighted by Gasteiger charge is 2.27. The topological polar surface area (TPSA) is 54.5 Å². The number of nitrogens with one attached hydrogen (secondary N) is 1. The Labute approximate surface area is 107 Å². The van der Waals surface area contributed by atoms with E-state index in [2.05, 4.69) is 17.2 Å². The van der Waals surface area contributed by atoms with Crippen LogP contribution in [0.1, 0.15) is 23.8 Å². The summed E-state index contributed by atoms with van der Waals surface area (Å²) in [6.07, 6.45) is 0.900. The molecule has 1 aliphatic heterocycles. The van der Waals surface area contributed by atoms with Crippen LogP contribution >= 0.6 is 0 Å². The van der Waals surface area contributed by atoms with Gasteiger partial charge in [-0.1, -0.05) is 13.0 Å². The van der Waals surface area contributed by atoms with E-state index in [0.717, 1.165) is 6.42 Å². The Hall–Kier alpha value is -1.62. The van der Waals surface area contributed by atoms with Crippen LogP contribution in [0.25, 0.3) is 0 Å². The Balaban J connectivity index is 2.18. The Morgan fingerprint density at radius 3 is 3.17 bits per heavy atom. The van der Waals surface area contributed by atoms with Crippen molar-refractivity contribution in [1.29, 1.82) is 0 Å². The zero-order valence-electron chi connectivity index (χ0n) is 10.8. The summed E-state index contributed by atoms with van der Waals surface area (Å²) in [7, 11) is 1.79. The first-order valence-corrected chi connectivity index (χ1v) is 6.29. The van der Waals surface area contributed by atoms with E-state index in [4.69, 9.17) is 4.74 Å². The number of pyridine rings is 1. The number of carbonyl (C=O) groups excluding carboxylic acids is 1. The molecule has 98 valence electrons. The molecule has 0 aromatic carbocycles. The second-order valence-electron chi connectivity index (χ2n) is 4.29. The summed E-state index contributed by atoms with van der Waals surface area (Å²) in [5, 5.41) is 2.94. The smallest absolute Gasteiger partial charge is 0.272 e. The quantitative estimate of drug-likeness (QED) is 0.879. The monoisotopic (exact) mass is 249 g/mol. The summed E-state index contributed by atoms with van der Waals surface area (Å²) in [6, 6.07) is 5.60. The van der Waals surface area contributed by atoms with Crippen LogP contribution in [0.3, 0.4) is 0 Å². The Morgan fingerprint density at radius 1 is 1.61 bits per heavy atom. The first-order chi connectivity index (χ1) is 8.76. The van der Waals surface area contributed by atoms with Crippen molar-refractivity contribution in [2.75, 3.05) is 32.1 Å². The maximum Gasteiger partial charge on any atom is 0.272 e. The lowest BCUT2D eigenvalue weighted by Gasteiger charge is -2.34. The molecule has 1 aliphatic rings. The normalized spacial score (nSPS) is 19.7. The summed E-state index contributed by atoms with van der Waals surface area (Å²) >= 11 is 0. The maximum atomic E-state index is 12.4. The van der Waals surface area contributed by atoms with Gasteiger partial charge in [-0.05, 0) is 18.6 Å². The average molecular weight is 249 g/mol. The molecule has 1 aromatic heterocycles. The predicted octanol–water partition coefficient (Wildman–Crippen LogP) is 1.37. The highest BCUT2D eigenvalue weighted by atomic mass is 16.5. The molecule has 1 amide bonds. The molecule has 1 aromatic rings. The highest BCUT2D eigenvalue weighted by molar-refractivity contribution is 5.93. The van der Waals surface area contributed by atoms with Gasteiger partial charge < -0.3 is 15.0 Å². The van der Waals surface area contributed by atoms with Gasteiger partial charge >= 0.3 is 0 Å². The van der Waals surface area contributed by atoms with Crippen molar-refractivity contribution < 1.29 is 9.53 Å². The molecular weight excluding hydrogens is 230 g/mol. The number of ether oxygens (including phenoxy) is 1. The van der Waals surface area contributed by atoms with Crippen molar-refractivity contribution in [3.8, 4) is 0 Å². The van der Waals surface area contributed by atoms with E-state index < -0.39 is 0 Å². The zero-order chi connectivity index (χ0) is 13.0. The molecule has 0 saturated carbocycles. The van der Waals surface area contributed by atoms with Crippen LogP contribution in [0.2, 0.25) is 0 Å². The summed E-state index contributed by atoms with van der Waals surface area (Å²) < 4.78 is 5.41. The lowest BCUT2D eigenvalue weighted by Crippen LogP contribution is -2.48. The molecule has 18 heavy (non-hydrogen) atoms. The van der Waals surface area contributed by atoms with Crippen LogP contribution in [0.5, 0.6) is 0 Å². The largest absolute Gasteiger partial charge is 0.377 e. The number of rotatable bonds is 3. The number of carbonyl (C=O) groups is 1. The minimum Gasteiger partial charge on any atom is -0.377 e. The van der Waals surface area contributed by atoms with Crippen molar-refractivity contribution in [1.82, 2.24) is 9.88 Å². The lowest BCUT2D eigenvalue weighted by molar-refractivity contribution is -0.00309. The minimum atomic E-state index is -0.0118. The van der Waals surface area contributed by atoms with Crippen molar-refractivity contribution in [3.63, 3.8) is 0 Å². The molecule has 2 rings (SSSR count). The van der Waals surface area contributed by atoms with Gasteiger partial charge in [-0.25, -0.2) is 4.98 Å². The van der Waals surface area contributed by atoms with E-state index in [0.29, 0.717) is 31.3 Å². The third-order valence-electron chi connectivity index (χ3n) is 3.18. The van der Waals surface area contributed by atoms with Gasteiger partial charge in [-0.15, -0.1) is 0 Å². The molecule has 1 fully saturated rings. The molecule has 2 heterocycles. The molecule has 0 aliphatic carbocycles. The standard InChI is InChI=1S/C13H19N3O2/c1-3-10-9-18-8-7-16(10)13(17)11-5-4-6-12(14-2)15-11/h4-6,10H,3,7-9H2,1-2H3,(H,14,15). The lowest BCUT2D eigenvalue weighted by atomic mass is 10.1. The average Bonchev–Trinajstić information content (AvgIpc) is 2.46. The number of hydrogen-bond acceptors (Lipinski definition) is 4. The SMILES string of the molecule is CCC1COCCN1C(=O)c1cccc(NC)n1. The van der Waals surface area contributed by atoms with Crippen molar-refractivity contribution in [3.05, 3.63) is 23.9 Å². The number of morpholine rings is 1. The molecule has 1 unspecified atom stereocenters. The first kappa shape index (κ1) is 12.8. The Kier molecular flexibility index (Phi) is 4.15. The van der Waals surface area contributed by atoms with Crippen molar-refractivity contribution in [2.45, 2.75) is 19.4 Å². The Bertz CT molecular complexity index is 422. The second-order valence-corrected chi connectivity index (χ2v) is 4.29. The van der Waals surface area contributed by atoms with Crippen molar-refractivity contribution >= 4 is 11.7 Å². The molecule has 1 saturated heterocycles. The van der Waals surface area contributed by atoms with Gasteiger partial charge in [0.25, 0.3) is 5.91 Å². The van der Waals surface area contributed by atoms with E-state index in [9.17, 15) is 4.79 Å². The molecule has 5 heteroatoms. The van der Waals surface area contributed by atoms with Crippen LogP contribution in [0, 0.1) is 0 Å². The van der Waals surface area contributed by atoms with Crippen LogP contribution in [-0.2, 0) is 4.74 Å². The van der Waals surface area contributed by atoms with E-state index in [1.165, 1.54) is 0 Å². The fourth-order valence-corrected chi connectivity index (χ4v) is 2.10. The van der Waals surface area contributed by atoms with Gasteiger partial charge in [0.05, 0.1) is 19.3 Å². The summed E-state index contributed by atoms with van der Waals surface area (Å²) in [6.45, 7) is 3.93. The third-order valence-corrected chi connectivity index (χ3v) is 3.18. The fraction of sp³-hybridized carbons (Fsp3) is 0.538. The zero-order valence-corrected chi connectivity index (χ0v) is 10.8. The summed E-state index contributed by atoms with van der Waals surface area (Å²) in [5.41, 5.74) is 0.488. The van der Waals surface area contributed by atoms with E-state index in [-0.39, 0.29) is 11.9 Å². The predicted molar refractivity (Wildman–Crippen MR) is 69.7 cm³/mol. The van der Waals surface area contributed by atoms with Crippen LogP contribution in [-0.4, -0.2) is 48.6 Å². The van der Waals surface area contributed by atoms with Gasteiger partial charge in [0.1, 0.15) is 11.5 Å². The Morgan fingerprint density at radius 2 is 2.44 bits per heavy atom. The molecule has 5 nitrogen and oxygen atoms in total. The molecule has 0 spiro atoms. The fourth-order valence-electron chi connectivity index (χ4n) is 2.10. The highest BCUT2D eigenvalue weighted by Crippen LogP contribution is 2.14. The summed E-state index contributed by atoms with van der Waals surface area (Å²) in [5.74, 6) is 0.699. The minimum absolute atomic E-state index is 0.0118. The molecule has 0 radical (unpaired) electrons. The van der Waals surface area contributed by atoms with Crippen molar-refractivity contribution in [2.24, 2.45) is 0 Å². The number of amides is 1. The van der Waals surface area contributed by atoms with Gasteiger partial charge in [0.15, 0.2) is 0 Å². The van der Waals surface area contributed by atoms with E-state index >= 15 is 0 Å². The molecular formula is C13H19N3O2. The maximum absolute atomic E-state index is 12.4. The van der Waals surface area contributed by atoms with Gasteiger partial charge in [-0.3, -0.25) is 4.79 Å². The number of hydrogen-bond donors (Lipinski definition) is 1. The number of anilines is 1. The first-order valence-electron chi connectivity index (χ1n) is 6.29. The van der Waals surface area contributed by atoms with Gasteiger partial charge in [-0.2, -0.15) is 0 Å². The molecule has 1 atom stereocenters. The third kappa shape index (κ3) is 2.61. The van der Waals surface area contributed by atoms with Crippen LogP contribution < -0.4 is 5.32 Å². The van der Waals surface area contributed by atoms with Gasteiger partial charge in [0, 0.05) is 13.6 Å². The number of nitrogens with zero attached hydrogens (tertiary/aromatic N) is 2. The van der Waals surface area contributed by atoms with E-state index in [1.807, 2.05) is 17.0 Å². The van der Waals surface area contributed by atoms with Crippen LogP contribution in [0.15, 0.2) is 18.2 Å². The second kappa shape index (κ2) is 5.82. The molecule has 1 N–H and O–H groups in total. The summed E-state index contributed by atoms with van der Waals surface area (Å²) in [4.78, 5) is 18.6. The molecule has 0 bridgehead atoms. The van der Waals surface area contributed by atoms with Crippen LogP contribution in [0.4, 0.5) is 5.82 Å².